The summed E-state index contributed by atoms with van der Waals surface area (Å²) < 4.78 is 0.831. The third kappa shape index (κ3) is 1.15. The maximum absolute atomic E-state index is 10.6. The first-order chi connectivity index (χ1) is 6.20. The van der Waals surface area contributed by atoms with Crippen molar-refractivity contribution in [3.8, 4) is 0 Å². The number of nitrogens with one attached hydrogen (secondary N) is 1. The van der Waals surface area contributed by atoms with Gasteiger partial charge in [0.2, 0.25) is 0 Å². The van der Waals surface area contributed by atoms with E-state index in [9.17, 15) is 4.79 Å². The van der Waals surface area contributed by atoms with Gasteiger partial charge in [-0.05, 0) is 0 Å². The van der Waals surface area contributed by atoms with E-state index in [4.69, 9.17) is 10.8 Å². The van der Waals surface area contributed by atoms with E-state index in [0.717, 1.165) is 28.9 Å². The van der Waals surface area contributed by atoms with Crippen LogP contribution >= 0.6 is 0 Å². The molecule has 1 aromatic heterocycles. The van der Waals surface area contributed by atoms with Gasteiger partial charge < -0.3 is 16.2 Å². The van der Waals surface area contributed by atoms with Gasteiger partial charge >= 0.3 is 6.09 Å². The van der Waals surface area contributed by atoms with E-state index in [-0.39, 0.29) is 5.82 Å². The number of hydrogen-bond acceptors (Lipinski definition) is 4. The second-order valence-electron chi connectivity index (χ2n) is 2.93. The van der Waals surface area contributed by atoms with Crippen molar-refractivity contribution in [3.05, 3.63) is 11.3 Å². The Labute approximate surface area is 74.3 Å². The highest BCUT2D eigenvalue weighted by molar-refractivity contribution is 5.72. The number of rotatable bonds is 0. The Morgan fingerprint density at radius 1 is 1.69 bits per heavy atom. The van der Waals surface area contributed by atoms with Crippen LogP contribution in [-0.2, 0) is 13.0 Å². The molecule has 0 spiro atoms. The van der Waals surface area contributed by atoms with Crippen molar-refractivity contribution >= 4 is 11.9 Å². The zero-order chi connectivity index (χ0) is 9.42. The van der Waals surface area contributed by atoms with Crippen LogP contribution < -0.4 is 11.1 Å². The van der Waals surface area contributed by atoms with E-state index in [1.54, 1.807) is 0 Å². The normalized spacial score (nSPS) is 15.4. The topological polar surface area (TPSA) is 93.2 Å². The first-order valence-corrected chi connectivity index (χ1v) is 4.00. The lowest BCUT2D eigenvalue weighted by atomic mass is 10.1. The number of nitrogens with zero attached hydrogens (tertiary/aromatic N) is 2. The molecule has 2 rings (SSSR count). The molecule has 0 radical (unpaired) electrons. The van der Waals surface area contributed by atoms with Gasteiger partial charge in [0.05, 0.1) is 5.69 Å². The highest BCUT2D eigenvalue weighted by Crippen LogP contribution is 2.19. The molecule has 0 amide bonds. The molecule has 4 N–H and O–H groups in total. The minimum atomic E-state index is -1.13. The molecule has 2 heterocycles. The second kappa shape index (κ2) is 2.74. The van der Waals surface area contributed by atoms with E-state index in [1.165, 1.54) is 0 Å². The maximum atomic E-state index is 10.6. The van der Waals surface area contributed by atoms with Gasteiger partial charge in [0, 0.05) is 25.1 Å². The number of nitrogen functional groups attached to an aromatic ring is 1. The van der Waals surface area contributed by atoms with Crippen molar-refractivity contribution in [1.82, 2.24) is 15.1 Å². The number of nitrogens with two attached hydrogens (primary N) is 1. The summed E-state index contributed by atoms with van der Waals surface area (Å²) in [5, 5.41) is 15.7. The van der Waals surface area contributed by atoms with Gasteiger partial charge in [-0.15, -0.1) is 4.68 Å². The van der Waals surface area contributed by atoms with Crippen molar-refractivity contribution in [2.75, 3.05) is 12.3 Å². The molecule has 1 aliphatic heterocycles. The minimum Gasteiger partial charge on any atom is -0.463 e. The molecule has 0 saturated heterocycles. The van der Waals surface area contributed by atoms with Crippen molar-refractivity contribution in [1.29, 1.82) is 0 Å². The average Bonchev–Trinajstić information content (AvgIpc) is 2.45. The number of hydrogen-bond donors (Lipinski definition) is 3. The molecule has 6 heteroatoms. The maximum Gasteiger partial charge on any atom is 0.434 e. The lowest BCUT2D eigenvalue weighted by Gasteiger charge is -2.10. The van der Waals surface area contributed by atoms with Gasteiger partial charge in [0.25, 0.3) is 0 Å². The summed E-state index contributed by atoms with van der Waals surface area (Å²) in [5.74, 6) is 0.231. The molecule has 0 aliphatic carbocycles. The van der Waals surface area contributed by atoms with Gasteiger partial charge in [-0.25, -0.2) is 4.79 Å². The Kier molecular flexibility index (Phi) is 1.70. The van der Waals surface area contributed by atoms with Gasteiger partial charge in [0.1, 0.15) is 5.82 Å². The van der Waals surface area contributed by atoms with Crippen LogP contribution in [0.3, 0.4) is 0 Å². The summed E-state index contributed by atoms with van der Waals surface area (Å²) in [7, 11) is 0. The van der Waals surface area contributed by atoms with Crippen LogP contribution in [0.5, 0.6) is 0 Å². The van der Waals surface area contributed by atoms with Crippen LogP contribution in [0.4, 0.5) is 10.6 Å². The van der Waals surface area contributed by atoms with Crippen LogP contribution in [0.2, 0.25) is 0 Å². The minimum absolute atomic E-state index is 0.231. The number of carboxylic acid groups (broad SMARTS) is 1. The molecule has 70 valence electrons. The highest BCUT2D eigenvalue weighted by Gasteiger charge is 2.20. The van der Waals surface area contributed by atoms with E-state index in [2.05, 4.69) is 10.4 Å². The van der Waals surface area contributed by atoms with Crippen molar-refractivity contribution in [2.45, 2.75) is 13.0 Å². The average molecular weight is 182 g/mol. The first kappa shape index (κ1) is 8.06. The fraction of sp³-hybridized carbons (Fsp3) is 0.429. The zero-order valence-electron chi connectivity index (χ0n) is 6.95. The van der Waals surface area contributed by atoms with Crippen LogP contribution in [0.25, 0.3) is 0 Å². The molecular weight excluding hydrogens is 172 g/mol. The highest BCUT2D eigenvalue weighted by atomic mass is 16.4. The second-order valence-corrected chi connectivity index (χ2v) is 2.93. The standard InChI is InChI=1S/C7H10N4O2/c8-6-4-3-9-2-1-5(4)10-11(6)7(12)13/h9H,1-3,8H2,(H,12,13). The summed E-state index contributed by atoms with van der Waals surface area (Å²) in [4.78, 5) is 10.6. The monoisotopic (exact) mass is 182 g/mol. The molecule has 0 fully saturated rings. The summed E-state index contributed by atoms with van der Waals surface area (Å²) in [6.07, 6.45) is -0.397. The summed E-state index contributed by atoms with van der Waals surface area (Å²) in [5.41, 5.74) is 7.21. The SMILES string of the molecule is Nc1c2c(nn1C(=O)O)CCNC2. The number of fused-ring (bicyclic) bond motifs is 1. The summed E-state index contributed by atoms with van der Waals surface area (Å²) in [6.45, 7) is 1.43. The Morgan fingerprint density at radius 2 is 2.46 bits per heavy atom. The summed E-state index contributed by atoms with van der Waals surface area (Å²) in [6, 6.07) is 0. The van der Waals surface area contributed by atoms with E-state index >= 15 is 0 Å². The van der Waals surface area contributed by atoms with Gasteiger partial charge in [0.15, 0.2) is 0 Å². The predicted molar refractivity (Wildman–Crippen MR) is 45.5 cm³/mol. The molecule has 0 unspecified atom stereocenters. The zero-order valence-corrected chi connectivity index (χ0v) is 6.95. The van der Waals surface area contributed by atoms with Crippen molar-refractivity contribution in [2.24, 2.45) is 0 Å². The Bertz CT molecular complexity index is 358. The fourth-order valence-corrected chi connectivity index (χ4v) is 1.47. The molecule has 1 aromatic rings. The van der Waals surface area contributed by atoms with Crippen molar-refractivity contribution < 1.29 is 9.90 Å². The van der Waals surface area contributed by atoms with E-state index < -0.39 is 6.09 Å². The summed E-state index contributed by atoms with van der Waals surface area (Å²) >= 11 is 0. The van der Waals surface area contributed by atoms with Crippen LogP contribution in [-0.4, -0.2) is 27.5 Å². The van der Waals surface area contributed by atoms with E-state index in [1.807, 2.05) is 0 Å². The predicted octanol–water partition coefficient (Wildman–Crippen LogP) is -0.363. The van der Waals surface area contributed by atoms with Crippen molar-refractivity contribution in [3.63, 3.8) is 0 Å². The first-order valence-electron chi connectivity index (χ1n) is 4.00. The molecule has 0 bridgehead atoms. The van der Waals surface area contributed by atoms with E-state index in [0.29, 0.717) is 6.54 Å². The fourth-order valence-electron chi connectivity index (χ4n) is 1.47. The molecular formula is C7H10N4O2. The molecule has 6 nitrogen and oxygen atoms in total. The number of anilines is 1. The Balaban J connectivity index is 2.50. The third-order valence-electron chi connectivity index (χ3n) is 2.13. The van der Waals surface area contributed by atoms with Crippen LogP contribution in [0, 0.1) is 0 Å². The smallest absolute Gasteiger partial charge is 0.434 e. The molecule has 0 saturated carbocycles. The Hall–Kier alpha value is -1.56. The molecule has 1 aliphatic rings. The number of aromatic nitrogens is 2. The van der Waals surface area contributed by atoms with Crippen LogP contribution in [0.15, 0.2) is 0 Å². The lowest BCUT2D eigenvalue weighted by molar-refractivity contribution is 0.193. The van der Waals surface area contributed by atoms with Crippen LogP contribution in [0.1, 0.15) is 11.3 Å². The van der Waals surface area contributed by atoms with Gasteiger partial charge in [-0.2, -0.15) is 5.10 Å². The number of carbonyl (C=O) groups is 1. The largest absolute Gasteiger partial charge is 0.463 e. The molecule has 13 heavy (non-hydrogen) atoms. The third-order valence-corrected chi connectivity index (χ3v) is 2.13. The quantitative estimate of drug-likeness (QED) is 0.509. The molecule has 0 aromatic carbocycles. The Morgan fingerprint density at radius 3 is 3.08 bits per heavy atom. The lowest BCUT2D eigenvalue weighted by Crippen LogP contribution is -2.23. The van der Waals surface area contributed by atoms with Gasteiger partial charge in [-0.3, -0.25) is 0 Å². The van der Waals surface area contributed by atoms with Gasteiger partial charge in [-0.1, -0.05) is 0 Å². The molecule has 0 atom stereocenters.